The Bertz CT molecular complexity index is 1170. The summed E-state index contributed by atoms with van der Waals surface area (Å²) in [5.41, 5.74) is 4.18. The summed E-state index contributed by atoms with van der Waals surface area (Å²) in [4.78, 5) is 23.1. The van der Waals surface area contributed by atoms with Gasteiger partial charge in [0.15, 0.2) is 5.82 Å². The summed E-state index contributed by atoms with van der Waals surface area (Å²) in [6.45, 7) is 3.11. The molecule has 4 rings (SSSR count). The molecule has 1 N–H and O–H groups in total. The molecule has 1 heterocycles. The SMILES string of the molecule is Cc1ccc(-c2nc(N(CCC(=O)O)CCc3ccccc3)c3ccccc3n2)cc1. The van der Waals surface area contributed by atoms with E-state index >= 15 is 0 Å². The molecule has 31 heavy (non-hydrogen) atoms. The van der Waals surface area contributed by atoms with Gasteiger partial charge in [-0.1, -0.05) is 72.3 Å². The first-order valence-electron chi connectivity index (χ1n) is 10.4. The van der Waals surface area contributed by atoms with Crippen LogP contribution in [0.2, 0.25) is 0 Å². The van der Waals surface area contributed by atoms with E-state index in [2.05, 4.69) is 17.0 Å². The normalized spacial score (nSPS) is 10.9. The molecule has 156 valence electrons. The van der Waals surface area contributed by atoms with Crippen LogP contribution >= 0.6 is 0 Å². The van der Waals surface area contributed by atoms with Crippen LogP contribution < -0.4 is 4.90 Å². The van der Waals surface area contributed by atoms with Crippen molar-refractivity contribution in [3.8, 4) is 11.4 Å². The number of fused-ring (bicyclic) bond motifs is 1. The van der Waals surface area contributed by atoms with Crippen molar-refractivity contribution >= 4 is 22.7 Å². The van der Waals surface area contributed by atoms with Crippen LogP contribution in [-0.4, -0.2) is 34.1 Å². The molecule has 5 nitrogen and oxygen atoms in total. The highest BCUT2D eigenvalue weighted by atomic mass is 16.4. The van der Waals surface area contributed by atoms with E-state index in [1.54, 1.807) is 0 Å². The minimum atomic E-state index is -0.818. The molecule has 0 saturated carbocycles. The fourth-order valence-corrected chi connectivity index (χ4v) is 3.60. The first-order chi connectivity index (χ1) is 15.1. The molecule has 0 saturated heterocycles. The van der Waals surface area contributed by atoms with E-state index in [0.29, 0.717) is 18.9 Å². The third kappa shape index (κ3) is 5.07. The van der Waals surface area contributed by atoms with Crippen LogP contribution in [-0.2, 0) is 11.2 Å². The number of aliphatic carboxylic acids is 1. The number of para-hydroxylation sites is 1. The second kappa shape index (κ2) is 9.39. The van der Waals surface area contributed by atoms with Gasteiger partial charge in [-0.15, -0.1) is 0 Å². The van der Waals surface area contributed by atoms with Crippen molar-refractivity contribution < 1.29 is 9.90 Å². The standard InChI is InChI=1S/C26H25N3O2/c1-19-11-13-21(14-12-19)25-27-23-10-6-5-9-22(23)26(28-25)29(18-16-24(30)31)17-15-20-7-3-2-4-8-20/h2-14H,15-18H2,1H3,(H,30,31). The monoisotopic (exact) mass is 411 g/mol. The van der Waals surface area contributed by atoms with Crippen molar-refractivity contribution in [1.82, 2.24) is 9.97 Å². The zero-order valence-electron chi connectivity index (χ0n) is 17.5. The van der Waals surface area contributed by atoms with Gasteiger partial charge in [0.25, 0.3) is 0 Å². The number of rotatable bonds is 8. The number of hydrogen-bond donors (Lipinski definition) is 1. The van der Waals surface area contributed by atoms with E-state index in [-0.39, 0.29) is 6.42 Å². The lowest BCUT2D eigenvalue weighted by molar-refractivity contribution is -0.136. The number of nitrogens with zero attached hydrogens (tertiary/aromatic N) is 3. The number of anilines is 1. The van der Waals surface area contributed by atoms with E-state index in [0.717, 1.165) is 28.7 Å². The van der Waals surface area contributed by atoms with E-state index in [1.165, 1.54) is 11.1 Å². The summed E-state index contributed by atoms with van der Waals surface area (Å²) < 4.78 is 0. The number of hydrogen-bond acceptors (Lipinski definition) is 4. The quantitative estimate of drug-likeness (QED) is 0.435. The van der Waals surface area contributed by atoms with Crippen molar-refractivity contribution in [2.75, 3.05) is 18.0 Å². The first kappa shape index (κ1) is 20.5. The molecule has 0 bridgehead atoms. The molecule has 0 unspecified atom stereocenters. The molecule has 0 aliphatic heterocycles. The highest BCUT2D eigenvalue weighted by Crippen LogP contribution is 2.28. The van der Waals surface area contributed by atoms with Crippen molar-refractivity contribution in [3.05, 3.63) is 90.0 Å². The average molecular weight is 412 g/mol. The number of aryl methyl sites for hydroxylation is 1. The first-order valence-corrected chi connectivity index (χ1v) is 10.4. The third-order valence-corrected chi connectivity index (χ3v) is 5.30. The van der Waals surface area contributed by atoms with Gasteiger partial charge in [0.1, 0.15) is 5.82 Å². The minimum Gasteiger partial charge on any atom is -0.481 e. The van der Waals surface area contributed by atoms with Gasteiger partial charge in [0.05, 0.1) is 11.9 Å². The zero-order chi connectivity index (χ0) is 21.6. The van der Waals surface area contributed by atoms with Gasteiger partial charge in [-0.2, -0.15) is 0 Å². The summed E-state index contributed by atoms with van der Waals surface area (Å²) in [5, 5.41) is 10.2. The minimum absolute atomic E-state index is 0.0486. The van der Waals surface area contributed by atoms with Crippen LogP contribution in [0.25, 0.3) is 22.3 Å². The van der Waals surface area contributed by atoms with Gasteiger partial charge in [0.2, 0.25) is 0 Å². The Morgan fingerprint density at radius 2 is 1.58 bits per heavy atom. The van der Waals surface area contributed by atoms with Crippen LogP contribution in [0.4, 0.5) is 5.82 Å². The van der Waals surface area contributed by atoms with E-state index in [4.69, 9.17) is 9.97 Å². The largest absolute Gasteiger partial charge is 0.481 e. The predicted octanol–water partition coefficient (Wildman–Crippen LogP) is 5.13. The summed E-state index contributed by atoms with van der Waals surface area (Å²) in [6.07, 6.45) is 0.853. The molecule has 4 aromatic rings. The number of carboxylic acid groups (broad SMARTS) is 1. The van der Waals surface area contributed by atoms with Crippen LogP contribution in [0.1, 0.15) is 17.5 Å². The maximum atomic E-state index is 11.3. The Balaban J connectivity index is 1.75. The number of carbonyl (C=O) groups is 1. The van der Waals surface area contributed by atoms with E-state index < -0.39 is 5.97 Å². The van der Waals surface area contributed by atoms with Gasteiger partial charge in [-0.05, 0) is 31.0 Å². The second-order valence-electron chi connectivity index (χ2n) is 7.62. The summed E-state index contributed by atoms with van der Waals surface area (Å²) in [6, 6.07) is 26.3. The summed E-state index contributed by atoms with van der Waals surface area (Å²) in [7, 11) is 0. The van der Waals surface area contributed by atoms with Crippen molar-refractivity contribution in [3.63, 3.8) is 0 Å². The lowest BCUT2D eigenvalue weighted by Crippen LogP contribution is -2.29. The molecule has 0 atom stereocenters. The van der Waals surface area contributed by atoms with Crippen molar-refractivity contribution in [1.29, 1.82) is 0 Å². The summed E-state index contributed by atoms with van der Waals surface area (Å²) >= 11 is 0. The molecular formula is C26H25N3O2. The Hall–Kier alpha value is -3.73. The summed E-state index contributed by atoms with van der Waals surface area (Å²) in [5.74, 6) is 0.605. The van der Waals surface area contributed by atoms with Crippen LogP contribution in [0, 0.1) is 6.92 Å². The lowest BCUT2D eigenvalue weighted by Gasteiger charge is -2.25. The van der Waals surface area contributed by atoms with Crippen LogP contribution in [0.15, 0.2) is 78.9 Å². The second-order valence-corrected chi connectivity index (χ2v) is 7.62. The topological polar surface area (TPSA) is 66.3 Å². The third-order valence-electron chi connectivity index (χ3n) is 5.30. The molecule has 5 heteroatoms. The predicted molar refractivity (Wildman–Crippen MR) is 124 cm³/mol. The van der Waals surface area contributed by atoms with Gasteiger partial charge < -0.3 is 10.0 Å². The van der Waals surface area contributed by atoms with Gasteiger partial charge in [-0.25, -0.2) is 9.97 Å². The number of benzene rings is 3. The van der Waals surface area contributed by atoms with E-state index in [1.807, 2.05) is 73.7 Å². The molecule has 0 aliphatic carbocycles. The molecule has 3 aromatic carbocycles. The maximum absolute atomic E-state index is 11.3. The Labute approximate surface area is 182 Å². The highest BCUT2D eigenvalue weighted by molar-refractivity contribution is 5.91. The van der Waals surface area contributed by atoms with Crippen LogP contribution in [0.5, 0.6) is 0 Å². The highest BCUT2D eigenvalue weighted by Gasteiger charge is 2.17. The molecule has 1 aromatic heterocycles. The average Bonchev–Trinajstić information content (AvgIpc) is 2.79. The van der Waals surface area contributed by atoms with Gasteiger partial charge >= 0.3 is 5.97 Å². The smallest absolute Gasteiger partial charge is 0.305 e. The Morgan fingerprint density at radius 1 is 0.871 bits per heavy atom. The van der Waals surface area contributed by atoms with Gasteiger partial charge in [0, 0.05) is 24.0 Å². The molecule has 0 spiro atoms. The van der Waals surface area contributed by atoms with Crippen molar-refractivity contribution in [2.24, 2.45) is 0 Å². The van der Waals surface area contributed by atoms with E-state index in [9.17, 15) is 9.90 Å². The number of carboxylic acids is 1. The fraction of sp³-hybridized carbons (Fsp3) is 0.192. The molecular weight excluding hydrogens is 386 g/mol. The Kier molecular flexibility index (Phi) is 6.22. The van der Waals surface area contributed by atoms with Gasteiger partial charge in [-0.3, -0.25) is 4.79 Å². The van der Waals surface area contributed by atoms with Crippen molar-refractivity contribution in [2.45, 2.75) is 19.8 Å². The zero-order valence-corrected chi connectivity index (χ0v) is 17.5. The molecule has 0 aliphatic rings. The lowest BCUT2D eigenvalue weighted by atomic mass is 10.1. The molecule has 0 radical (unpaired) electrons. The fourth-order valence-electron chi connectivity index (χ4n) is 3.60. The molecule has 0 fully saturated rings. The number of aromatic nitrogens is 2. The molecule has 0 amide bonds. The maximum Gasteiger partial charge on any atom is 0.305 e. The Morgan fingerprint density at radius 3 is 2.32 bits per heavy atom. The van der Waals surface area contributed by atoms with Crippen LogP contribution in [0.3, 0.4) is 0 Å².